The van der Waals surface area contributed by atoms with Crippen LogP contribution in [0.1, 0.15) is 48.0 Å². The maximum Gasteiger partial charge on any atom is 0.141 e. The number of carbonyl (C=O) groups excluding carboxylic acids is 1. The molecular formula is C18H40N2O3. The molecule has 4 atom stereocenters. The number of piperidine rings is 1. The molecule has 4 unspecified atom stereocenters. The summed E-state index contributed by atoms with van der Waals surface area (Å²) in [5.41, 5.74) is -0.500. The van der Waals surface area contributed by atoms with Crippen molar-refractivity contribution in [2.75, 3.05) is 34.2 Å². The van der Waals surface area contributed by atoms with E-state index in [0.29, 0.717) is 17.7 Å². The second-order valence-corrected chi connectivity index (χ2v) is 8.20. The van der Waals surface area contributed by atoms with Crippen LogP contribution in [0, 0.1) is 17.8 Å². The van der Waals surface area contributed by atoms with E-state index < -0.39 is 5.60 Å². The lowest BCUT2D eigenvalue weighted by Crippen LogP contribution is -2.46. The van der Waals surface area contributed by atoms with E-state index >= 15 is 0 Å². The molecule has 23 heavy (non-hydrogen) atoms. The summed E-state index contributed by atoms with van der Waals surface area (Å²) in [4.78, 5) is 17.0. The molecule has 1 aliphatic heterocycles. The molecule has 0 radical (unpaired) electrons. The topological polar surface area (TPSA) is 75.3 Å². The monoisotopic (exact) mass is 332 g/mol. The van der Waals surface area contributed by atoms with E-state index in [2.05, 4.69) is 37.6 Å². The number of nitrogens with zero attached hydrogens (tertiary/aromatic N) is 2. The first-order valence-electron chi connectivity index (χ1n) is 8.45. The number of ketones is 1. The van der Waals surface area contributed by atoms with E-state index in [1.54, 1.807) is 20.8 Å². The number of hydrogen-bond acceptors (Lipinski definition) is 4. The van der Waals surface area contributed by atoms with Gasteiger partial charge in [0, 0.05) is 24.4 Å². The van der Waals surface area contributed by atoms with Gasteiger partial charge in [0.25, 0.3) is 0 Å². The van der Waals surface area contributed by atoms with Crippen LogP contribution in [0.25, 0.3) is 0 Å². The quantitative estimate of drug-likeness (QED) is 0.850. The highest BCUT2D eigenvalue weighted by Gasteiger charge is 2.34. The largest absolute Gasteiger partial charge is 0.412 e. The highest BCUT2D eigenvalue weighted by molar-refractivity contribution is 5.84. The Bertz CT molecular complexity index is 334. The molecule has 5 heteroatoms. The molecule has 5 nitrogen and oxygen atoms in total. The zero-order valence-electron chi connectivity index (χ0n) is 16.7. The van der Waals surface area contributed by atoms with E-state index in [1.165, 1.54) is 0 Å². The molecule has 1 heterocycles. The normalized spacial score (nSPS) is 25.0. The highest BCUT2D eigenvalue weighted by atomic mass is 16.3. The van der Waals surface area contributed by atoms with Crippen molar-refractivity contribution in [3.05, 3.63) is 0 Å². The van der Waals surface area contributed by atoms with Crippen LogP contribution in [0.2, 0.25) is 0 Å². The Hall–Kier alpha value is -0.490. The van der Waals surface area contributed by atoms with Crippen molar-refractivity contribution in [3.63, 3.8) is 0 Å². The van der Waals surface area contributed by atoms with Crippen molar-refractivity contribution >= 4 is 5.78 Å². The van der Waals surface area contributed by atoms with Crippen molar-refractivity contribution in [2.45, 2.75) is 59.6 Å². The Morgan fingerprint density at radius 3 is 2.09 bits per heavy atom. The van der Waals surface area contributed by atoms with Gasteiger partial charge in [0.2, 0.25) is 0 Å². The van der Waals surface area contributed by atoms with E-state index in [-0.39, 0.29) is 17.3 Å². The van der Waals surface area contributed by atoms with Crippen molar-refractivity contribution in [1.29, 1.82) is 0 Å². The van der Waals surface area contributed by atoms with Crippen LogP contribution in [0.15, 0.2) is 0 Å². The lowest BCUT2D eigenvalue weighted by Gasteiger charge is -2.37. The fraction of sp³-hybridized carbons (Fsp3) is 0.944. The zero-order chi connectivity index (χ0) is 17.7. The van der Waals surface area contributed by atoms with Gasteiger partial charge in [-0.3, -0.25) is 4.79 Å². The number of hydrogen-bond donors (Lipinski definition) is 1. The summed E-state index contributed by atoms with van der Waals surface area (Å²) in [7, 11) is 6.21. The first-order chi connectivity index (χ1) is 9.84. The van der Waals surface area contributed by atoms with Crippen LogP contribution in [0.3, 0.4) is 0 Å². The minimum absolute atomic E-state index is 0. The summed E-state index contributed by atoms with van der Waals surface area (Å²) < 4.78 is 0. The Morgan fingerprint density at radius 1 is 1.26 bits per heavy atom. The van der Waals surface area contributed by atoms with E-state index in [0.717, 1.165) is 19.5 Å². The molecule has 0 aromatic carbocycles. The van der Waals surface area contributed by atoms with E-state index in [9.17, 15) is 4.79 Å². The van der Waals surface area contributed by atoms with Crippen LogP contribution in [-0.4, -0.2) is 72.0 Å². The smallest absolute Gasteiger partial charge is 0.141 e. The van der Waals surface area contributed by atoms with Gasteiger partial charge >= 0.3 is 0 Å². The molecule has 0 aliphatic carbocycles. The predicted molar refractivity (Wildman–Crippen MR) is 97.7 cm³/mol. The standard InChI is InChI=1S/C14H28N2O.C4H10O.H2O/c1-10-7-8-16(6)9-13(10)14(17)11(2)12(3)15(4)5;1-4(2,3)5;/h10-13H,7-9H2,1-6H3;5H,1-3H3;1H2. The molecule has 1 fully saturated rings. The lowest BCUT2D eigenvalue weighted by molar-refractivity contribution is -0.131. The Morgan fingerprint density at radius 2 is 1.70 bits per heavy atom. The summed E-state index contributed by atoms with van der Waals surface area (Å²) in [6.07, 6.45) is 1.15. The summed E-state index contributed by atoms with van der Waals surface area (Å²) in [5, 5.41) is 8.52. The molecule has 0 amide bonds. The maximum atomic E-state index is 12.5. The van der Waals surface area contributed by atoms with Crippen LogP contribution in [0.5, 0.6) is 0 Å². The molecule has 0 aromatic heterocycles. The second kappa shape index (κ2) is 10.4. The SMILES string of the molecule is CC(C)(C)O.CC1CCN(C)CC1C(=O)C(C)C(C)N(C)C.O. The van der Waals surface area contributed by atoms with Crippen molar-refractivity contribution in [2.24, 2.45) is 17.8 Å². The van der Waals surface area contributed by atoms with E-state index in [4.69, 9.17) is 5.11 Å². The van der Waals surface area contributed by atoms with Gasteiger partial charge in [-0.05, 0) is 67.7 Å². The zero-order valence-corrected chi connectivity index (χ0v) is 16.7. The van der Waals surface area contributed by atoms with Gasteiger partial charge in [-0.25, -0.2) is 0 Å². The van der Waals surface area contributed by atoms with Gasteiger partial charge < -0.3 is 20.4 Å². The Labute approximate surface area is 143 Å². The van der Waals surface area contributed by atoms with Gasteiger partial charge in [0.1, 0.15) is 5.78 Å². The van der Waals surface area contributed by atoms with Gasteiger partial charge in [0.05, 0.1) is 5.60 Å². The van der Waals surface area contributed by atoms with Gasteiger partial charge in [-0.15, -0.1) is 0 Å². The average Bonchev–Trinajstić information content (AvgIpc) is 2.37. The fourth-order valence-electron chi connectivity index (χ4n) is 2.63. The Balaban J connectivity index is 0. The molecule has 0 aromatic rings. The van der Waals surface area contributed by atoms with Gasteiger partial charge in [-0.2, -0.15) is 0 Å². The number of likely N-dealkylation sites (tertiary alicyclic amines) is 1. The molecule has 1 rings (SSSR count). The minimum atomic E-state index is -0.500. The van der Waals surface area contributed by atoms with Crippen molar-refractivity contribution in [1.82, 2.24) is 9.80 Å². The number of rotatable bonds is 4. The molecule has 0 bridgehead atoms. The van der Waals surface area contributed by atoms with Crippen LogP contribution < -0.4 is 0 Å². The molecule has 1 saturated heterocycles. The summed E-state index contributed by atoms with van der Waals surface area (Å²) in [6.45, 7) is 13.7. The van der Waals surface area contributed by atoms with Crippen LogP contribution in [0.4, 0.5) is 0 Å². The summed E-state index contributed by atoms with van der Waals surface area (Å²) in [6, 6.07) is 0.321. The van der Waals surface area contributed by atoms with Gasteiger partial charge in [-0.1, -0.05) is 13.8 Å². The molecular weight excluding hydrogens is 292 g/mol. The Kier molecular flexibility index (Phi) is 11.2. The maximum absolute atomic E-state index is 12.5. The minimum Gasteiger partial charge on any atom is -0.412 e. The molecule has 140 valence electrons. The van der Waals surface area contributed by atoms with Crippen molar-refractivity contribution in [3.8, 4) is 0 Å². The number of aliphatic hydroxyl groups is 1. The first kappa shape index (κ1) is 24.8. The van der Waals surface area contributed by atoms with Crippen LogP contribution >= 0.6 is 0 Å². The summed E-state index contributed by atoms with van der Waals surface area (Å²) in [5.74, 6) is 1.34. The lowest BCUT2D eigenvalue weighted by atomic mass is 9.78. The third-order valence-corrected chi connectivity index (χ3v) is 4.51. The van der Waals surface area contributed by atoms with Crippen LogP contribution in [-0.2, 0) is 4.79 Å². The average molecular weight is 333 g/mol. The molecule has 0 spiro atoms. The molecule has 1 aliphatic rings. The molecule has 0 saturated carbocycles. The van der Waals surface area contributed by atoms with E-state index in [1.807, 2.05) is 14.1 Å². The van der Waals surface area contributed by atoms with Gasteiger partial charge in [0.15, 0.2) is 0 Å². The number of Topliss-reactive ketones (excluding diaryl/α,β-unsaturated/α-hetero) is 1. The first-order valence-corrected chi connectivity index (χ1v) is 8.45. The molecule has 3 N–H and O–H groups in total. The third kappa shape index (κ3) is 10.1. The second-order valence-electron chi connectivity index (χ2n) is 8.20. The van der Waals surface area contributed by atoms with Crippen molar-refractivity contribution < 1.29 is 15.4 Å². The number of carbonyl (C=O) groups is 1. The fourth-order valence-corrected chi connectivity index (χ4v) is 2.63. The predicted octanol–water partition coefficient (Wildman–Crippen LogP) is 1.68. The third-order valence-electron chi connectivity index (χ3n) is 4.51. The highest BCUT2D eigenvalue weighted by Crippen LogP contribution is 2.27. The summed E-state index contributed by atoms with van der Waals surface area (Å²) >= 11 is 0.